The summed E-state index contributed by atoms with van der Waals surface area (Å²) >= 11 is 0. The van der Waals surface area contributed by atoms with Gasteiger partial charge in [0.2, 0.25) is 0 Å². The average Bonchev–Trinajstić information content (AvgIpc) is 3.97. The average molecular weight is 843 g/mol. The van der Waals surface area contributed by atoms with Gasteiger partial charge < -0.3 is 9.47 Å². The number of benzene rings is 10. The third-order valence-corrected chi connectivity index (χ3v) is 14.7. The Hall–Kier alpha value is -8.20. The largest absolute Gasteiger partial charge is 0.308 e. The molecule has 1 heterocycles. The summed E-state index contributed by atoms with van der Waals surface area (Å²) in [6.07, 6.45) is 0. The first-order valence-electron chi connectivity index (χ1n) is 23.1. The molecule has 0 saturated carbocycles. The van der Waals surface area contributed by atoms with Crippen molar-refractivity contribution in [2.45, 2.75) is 24.7 Å². The Labute approximate surface area is 386 Å². The number of aromatic nitrogens is 1. The van der Waals surface area contributed by atoms with Crippen molar-refractivity contribution in [2.75, 3.05) is 4.90 Å². The number of hydrogen-bond donors (Lipinski definition) is 0. The zero-order valence-electron chi connectivity index (χ0n) is 37.0. The van der Waals surface area contributed by atoms with E-state index in [0.29, 0.717) is 0 Å². The van der Waals surface area contributed by atoms with Gasteiger partial charge >= 0.3 is 0 Å². The zero-order valence-corrected chi connectivity index (χ0v) is 37.0. The summed E-state index contributed by atoms with van der Waals surface area (Å²) in [6.45, 7) is 4.74. The van der Waals surface area contributed by atoms with Gasteiger partial charge in [-0.3, -0.25) is 0 Å². The molecule has 11 aromatic rings. The Morgan fingerprint density at radius 3 is 1.65 bits per heavy atom. The minimum atomic E-state index is -0.559. The van der Waals surface area contributed by atoms with Crippen LogP contribution in [0.5, 0.6) is 0 Å². The molecule has 13 rings (SSSR count). The number of nitrogens with zero attached hydrogens (tertiary/aromatic N) is 2. The molecular weight excluding hydrogens is 797 g/mol. The first kappa shape index (κ1) is 38.3. The van der Waals surface area contributed by atoms with Gasteiger partial charge in [0.05, 0.1) is 27.8 Å². The van der Waals surface area contributed by atoms with E-state index in [1.165, 1.54) is 83.1 Å². The van der Waals surface area contributed by atoms with Gasteiger partial charge in [0, 0.05) is 33.1 Å². The standard InChI is InChI=1S/C64H46N2/c1-63(2)54-34-16-13-31-53(54)61-51(32-20-36-56(61)63)49-29-14-18-37-58(49)65(60-39-21-33-52-50-30-15-19-38-59(50)66(62(52)60)45-26-10-5-11-27-45)46-40-41-48-47-28-12-17-35-55(47)64(57(48)42-46,43-22-6-3-7-23-43)44-24-8-4-9-25-44/h3-42H,1-2H3. The molecule has 0 bridgehead atoms. The zero-order chi connectivity index (χ0) is 44.0. The van der Waals surface area contributed by atoms with E-state index in [4.69, 9.17) is 0 Å². The fraction of sp³-hybridized carbons (Fsp3) is 0.0625. The van der Waals surface area contributed by atoms with Gasteiger partial charge in [-0.25, -0.2) is 0 Å². The quantitative estimate of drug-likeness (QED) is 0.155. The van der Waals surface area contributed by atoms with Crippen LogP contribution in [-0.2, 0) is 10.8 Å². The summed E-state index contributed by atoms with van der Waals surface area (Å²) in [5.74, 6) is 0. The van der Waals surface area contributed by atoms with Crippen molar-refractivity contribution >= 4 is 38.9 Å². The van der Waals surface area contributed by atoms with Crippen LogP contribution in [0.25, 0.3) is 60.9 Å². The van der Waals surface area contributed by atoms with Gasteiger partial charge in [-0.1, -0.05) is 214 Å². The molecule has 1 aromatic heterocycles. The van der Waals surface area contributed by atoms with Gasteiger partial charge in [0.25, 0.3) is 0 Å². The maximum atomic E-state index is 2.56. The molecule has 0 atom stereocenters. The molecule has 0 N–H and O–H groups in total. The molecule has 2 nitrogen and oxygen atoms in total. The summed E-state index contributed by atoms with van der Waals surface area (Å²) < 4.78 is 2.47. The smallest absolute Gasteiger partial charge is 0.0782 e. The number of rotatable bonds is 7. The van der Waals surface area contributed by atoms with Crippen LogP contribution in [0.3, 0.4) is 0 Å². The molecule has 0 unspecified atom stereocenters. The Balaban J connectivity index is 1.15. The van der Waals surface area contributed by atoms with Crippen molar-refractivity contribution in [2.24, 2.45) is 0 Å². The maximum absolute atomic E-state index is 2.56. The molecule has 0 radical (unpaired) electrons. The molecule has 0 fully saturated rings. The Morgan fingerprint density at radius 2 is 0.894 bits per heavy atom. The van der Waals surface area contributed by atoms with Crippen molar-refractivity contribution in [3.63, 3.8) is 0 Å². The van der Waals surface area contributed by atoms with Gasteiger partial charge in [-0.05, 0) is 104 Å². The second-order valence-corrected chi connectivity index (χ2v) is 18.4. The van der Waals surface area contributed by atoms with Crippen molar-refractivity contribution in [3.05, 3.63) is 276 Å². The lowest BCUT2D eigenvalue weighted by molar-refractivity contribution is 0.660. The normalized spacial score (nSPS) is 13.8. The van der Waals surface area contributed by atoms with Crippen molar-refractivity contribution in [1.29, 1.82) is 0 Å². The van der Waals surface area contributed by atoms with Crippen molar-refractivity contribution in [3.8, 4) is 39.1 Å². The van der Waals surface area contributed by atoms with Gasteiger partial charge in [0.1, 0.15) is 0 Å². The molecule has 2 heteroatoms. The van der Waals surface area contributed by atoms with Crippen molar-refractivity contribution < 1.29 is 0 Å². The third kappa shape index (κ3) is 5.36. The second-order valence-electron chi connectivity index (χ2n) is 18.4. The summed E-state index contributed by atoms with van der Waals surface area (Å²) in [7, 11) is 0. The predicted octanol–water partition coefficient (Wildman–Crippen LogP) is 16.6. The Kier molecular flexibility index (Phi) is 8.51. The summed E-state index contributed by atoms with van der Waals surface area (Å²) in [5.41, 5.74) is 21.5. The van der Waals surface area contributed by atoms with E-state index in [1.54, 1.807) is 0 Å². The molecule has 0 saturated heterocycles. The van der Waals surface area contributed by atoms with Gasteiger partial charge in [0.15, 0.2) is 0 Å². The highest BCUT2D eigenvalue weighted by Crippen LogP contribution is 2.59. The maximum Gasteiger partial charge on any atom is 0.0782 e. The van der Waals surface area contributed by atoms with E-state index >= 15 is 0 Å². The number of anilines is 3. The minimum absolute atomic E-state index is 0.133. The molecule has 0 aliphatic heterocycles. The summed E-state index contributed by atoms with van der Waals surface area (Å²) in [6, 6.07) is 90.2. The van der Waals surface area contributed by atoms with Crippen LogP contribution in [0.4, 0.5) is 17.1 Å². The lowest BCUT2D eigenvalue weighted by Crippen LogP contribution is -2.28. The summed E-state index contributed by atoms with van der Waals surface area (Å²) in [5, 5.41) is 2.44. The molecule has 0 spiro atoms. The highest BCUT2D eigenvalue weighted by Gasteiger charge is 2.46. The van der Waals surface area contributed by atoms with Crippen LogP contribution < -0.4 is 4.90 Å². The van der Waals surface area contributed by atoms with E-state index in [0.717, 1.165) is 28.3 Å². The lowest BCUT2D eigenvalue weighted by Gasteiger charge is -2.35. The second kappa shape index (κ2) is 14.7. The van der Waals surface area contributed by atoms with E-state index in [1.807, 2.05) is 0 Å². The Bertz CT molecular complexity index is 3630. The monoisotopic (exact) mass is 842 g/mol. The molecule has 2 aliphatic carbocycles. The lowest BCUT2D eigenvalue weighted by atomic mass is 9.67. The fourth-order valence-electron chi connectivity index (χ4n) is 11.9. The topological polar surface area (TPSA) is 8.17 Å². The van der Waals surface area contributed by atoms with Crippen LogP contribution in [-0.4, -0.2) is 4.57 Å². The molecule has 312 valence electrons. The number of hydrogen-bond acceptors (Lipinski definition) is 1. The van der Waals surface area contributed by atoms with Crippen LogP contribution in [0.1, 0.15) is 47.2 Å². The number of fused-ring (bicyclic) bond motifs is 9. The molecule has 10 aromatic carbocycles. The van der Waals surface area contributed by atoms with E-state index < -0.39 is 5.41 Å². The van der Waals surface area contributed by atoms with Crippen LogP contribution in [0, 0.1) is 0 Å². The third-order valence-electron chi connectivity index (χ3n) is 14.7. The van der Waals surface area contributed by atoms with Crippen LogP contribution in [0.15, 0.2) is 243 Å². The molecule has 2 aliphatic rings. The first-order chi connectivity index (χ1) is 32.5. The van der Waals surface area contributed by atoms with Gasteiger partial charge in [-0.15, -0.1) is 0 Å². The SMILES string of the molecule is CC1(C)c2ccccc2-c2c(-c3ccccc3N(c3ccc4c(c3)C(c3ccccc3)(c3ccccc3)c3ccccc3-4)c3cccc4c5ccccc5n(-c5ccccc5)c34)cccc21. The van der Waals surface area contributed by atoms with E-state index in [-0.39, 0.29) is 5.41 Å². The molecule has 0 amide bonds. The molecule has 66 heavy (non-hydrogen) atoms. The highest BCUT2D eigenvalue weighted by atomic mass is 15.2. The van der Waals surface area contributed by atoms with Crippen LogP contribution in [0.2, 0.25) is 0 Å². The van der Waals surface area contributed by atoms with E-state index in [9.17, 15) is 0 Å². The summed E-state index contributed by atoms with van der Waals surface area (Å²) in [4.78, 5) is 2.56. The predicted molar refractivity (Wildman–Crippen MR) is 276 cm³/mol. The van der Waals surface area contributed by atoms with Gasteiger partial charge in [-0.2, -0.15) is 0 Å². The molecular formula is C64H46N2. The van der Waals surface area contributed by atoms with E-state index in [2.05, 4.69) is 266 Å². The van der Waals surface area contributed by atoms with Crippen molar-refractivity contribution in [1.82, 2.24) is 4.57 Å². The highest BCUT2D eigenvalue weighted by molar-refractivity contribution is 6.15. The van der Waals surface area contributed by atoms with Crippen LogP contribution >= 0.6 is 0 Å². The Morgan fingerprint density at radius 1 is 0.364 bits per heavy atom. The fourth-order valence-corrected chi connectivity index (χ4v) is 11.9. The first-order valence-corrected chi connectivity index (χ1v) is 23.1. The number of para-hydroxylation sites is 4. The minimum Gasteiger partial charge on any atom is -0.308 e.